The molecule has 0 atom stereocenters. The van der Waals surface area contributed by atoms with Crippen LogP contribution < -0.4 is 10.3 Å². The molecule has 0 fully saturated rings. The summed E-state index contributed by atoms with van der Waals surface area (Å²) < 4.78 is 70.8. The van der Waals surface area contributed by atoms with Crippen molar-refractivity contribution in [2.45, 2.75) is 26.6 Å². The van der Waals surface area contributed by atoms with Crippen LogP contribution >= 0.6 is 0 Å². The quantitative estimate of drug-likeness (QED) is 0.314. The molecule has 5 aromatic rings. The number of aryl methyl sites for hydroxylation is 2. The average Bonchev–Trinajstić information content (AvgIpc) is 3.47. The van der Waals surface area contributed by atoms with Crippen LogP contribution in [0.5, 0.6) is 0 Å². The minimum absolute atomic E-state index is 0.0858. The molecule has 0 saturated carbocycles. The number of alkyl halides is 3. The van der Waals surface area contributed by atoms with E-state index in [1.807, 2.05) is 0 Å². The molecule has 0 radical (unpaired) electrons. The minimum atomic E-state index is -4.48. The first-order chi connectivity index (χ1) is 17.9. The van der Waals surface area contributed by atoms with E-state index in [0.29, 0.717) is 44.5 Å². The van der Waals surface area contributed by atoms with E-state index in [1.165, 1.54) is 17.6 Å². The number of hydrogen-bond donors (Lipinski definition) is 2. The molecule has 2 N–H and O–H groups in total. The minimum Gasteiger partial charge on any atom is -0.357 e. The predicted molar refractivity (Wildman–Crippen MR) is 141 cm³/mol. The van der Waals surface area contributed by atoms with Gasteiger partial charge in [0.25, 0.3) is 5.56 Å². The number of H-pyrrole nitrogens is 1. The van der Waals surface area contributed by atoms with Gasteiger partial charge in [-0.25, -0.2) is 13.4 Å². The molecule has 38 heavy (non-hydrogen) atoms. The molecule has 12 heteroatoms. The number of halogens is 3. The Hall–Kier alpha value is -4.06. The van der Waals surface area contributed by atoms with E-state index >= 15 is 0 Å². The lowest BCUT2D eigenvalue weighted by atomic mass is 10.0. The van der Waals surface area contributed by atoms with E-state index in [4.69, 9.17) is 0 Å². The second-order valence-corrected chi connectivity index (χ2v) is 11.1. The number of sulfonamides is 1. The Labute approximate surface area is 215 Å². The summed E-state index contributed by atoms with van der Waals surface area (Å²) in [6.07, 6.45) is -1.17. The summed E-state index contributed by atoms with van der Waals surface area (Å²) in [5.74, 6) is 0.337. The molecule has 0 spiro atoms. The van der Waals surface area contributed by atoms with E-state index in [9.17, 15) is 26.4 Å². The molecule has 0 aliphatic carbocycles. The van der Waals surface area contributed by atoms with Crippen molar-refractivity contribution < 1.29 is 21.6 Å². The highest BCUT2D eigenvalue weighted by atomic mass is 32.2. The van der Waals surface area contributed by atoms with Crippen molar-refractivity contribution in [3.8, 4) is 11.1 Å². The second-order valence-electron chi connectivity index (χ2n) is 9.07. The number of pyridine rings is 1. The molecule has 198 valence electrons. The number of imidazole rings is 1. The normalized spacial score (nSPS) is 12.5. The topological polar surface area (TPSA) is 102 Å². The fourth-order valence-electron chi connectivity index (χ4n) is 4.54. The van der Waals surface area contributed by atoms with E-state index in [2.05, 4.69) is 14.7 Å². The highest BCUT2D eigenvalue weighted by Gasteiger charge is 2.30. The number of benzene rings is 2. The lowest BCUT2D eigenvalue weighted by Gasteiger charge is -2.14. The third kappa shape index (κ3) is 4.55. The van der Waals surface area contributed by atoms with Crippen molar-refractivity contribution in [3.63, 3.8) is 0 Å². The van der Waals surface area contributed by atoms with Crippen LogP contribution in [-0.4, -0.2) is 33.3 Å². The molecule has 5 rings (SSSR count). The maximum Gasteiger partial charge on any atom is 0.416 e. The number of anilines is 1. The van der Waals surface area contributed by atoms with Gasteiger partial charge in [-0.1, -0.05) is 12.1 Å². The molecule has 0 aliphatic rings. The van der Waals surface area contributed by atoms with E-state index in [1.54, 1.807) is 55.2 Å². The molecule has 0 saturated heterocycles. The van der Waals surface area contributed by atoms with Gasteiger partial charge in [-0.3, -0.25) is 9.52 Å². The van der Waals surface area contributed by atoms with Gasteiger partial charge in [-0.15, -0.1) is 0 Å². The molecule has 3 heterocycles. The molecular weight excluding hydrogens is 519 g/mol. The van der Waals surface area contributed by atoms with Crippen molar-refractivity contribution in [2.75, 3.05) is 10.5 Å². The van der Waals surface area contributed by atoms with Crippen LogP contribution in [0.25, 0.3) is 33.1 Å². The number of aromatic nitrogens is 4. The smallest absolute Gasteiger partial charge is 0.357 e. The number of nitrogens with zero attached hydrogens (tertiary/aromatic N) is 3. The molecule has 3 aromatic heterocycles. The summed E-state index contributed by atoms with van der Waals surface area (Å²) >= 11 is 0. The van der Waals surface area contributed by atoms with Gasteiger partial charge in [0.15, 0.2) is 0 Å². The summed E-state index contributed by atoms with van der Waals surface area (Å²) in [7, 11) is -2.06. The van der Waals surface area contributed by atoms with Crippen molar-refractivity contribution in [1.82, 2.24) is 19.1 Å². The predicted octanol–water partition coefficient (Wildman–Crippen LogP) is 5.02. The Morgan fingerprint density at radius 3 is 2.61 bits per heavy atom. The third-order valence-electron chi connectivity index (χ3n) is 6.49. The SMILES string of the molecule is CCS(=O)(=O)Nc1cc(-c2cn(C)c(=O)c3[nH]ccc23)cc2c1nc(C)n2Cc1cccc(C(F)(F)F)c1. The molecule has 0 bridgehead atoms. The molecule has 0 aliphatic heterocycles. The lowest BCUT2D eigenvalue weighted by Crippen LogP contribution is -2.17. The highest BCUT2D eigenvalue weighted by Crippen LogP contribution is 2.35. The zero-order valence-corrected chi connectivity index (χ0v) is 21.5. The van der Waals surface area contributed by atoms with Gasteiger partial charge in [0.05, 0.1) is 22.5 Å². The number of rotatable bonds is 6. The van der Waals surface area contributed by atoms with E-state index < -0.39 is 21.8 Å². The molecule has 2 aromatic carbocycles. The van der Waals surface area contributed by atoms with Crippen LogP contribution in [0.1, 0.15) is 23.9 Å². The van der Waals surface area contributed by atoms with Gasteiger partial charge in [-0.2, -0.15) is 13.2 Å². The van der Waals surface area contributed by atoms with Crippen molar-refractivity contribution in [3.05, 3.63) is 82.2 Å². The average molecular weight is 544 g/mol. The van der Waals surface area contributed by atoms with Gasteiger partial charge < -0.3 is 14.1 Å². The van der Waals surface area contributed by atoms with Crippen LogP contribution in [-0.2, 0) is 29.8 Å². The van der Waals surface area contributed by atoms with Crippen LogP contribution in [0, 0.1) is 6.92 Å². The largest absolute Gasteiger partial charge is 0.416 e. The maximum atomic E-state index is 13.3. The summed E-state index contributed by atoms with van der Waals surface area (Å²) in [5, 5.41) is 0.650. The summed E-state index contributed by atoms with van der Waals surface area (Å²) in [4.78, 5) is 20.1. The Balaban J connectivity index is 1.75. The zero-order chi connectivity index (χ0) is 27.4. The van der Waals surface area contributed by atoms with Gasteiger partial charge >= 0.3 is 6.18 Å². The van der Waals surface area contributed by atoms with Gasteiger partial charge in [0, 0.05) is 36.9 Å². The van der Waals surface area contributed by atoms with Crippen molar-refractivity contribution in [2.24, 2.45) is 7.05 Å². The highest BCUT2D eigenvalue weighted by molar-refractivity contribution is 7.92. The standard InChI is InChI=1S/C26H24F3N5O3S/c1-4-38(36,37)32-21-11-17(20-14-33(3)25(35)23-19(20)8-9-30-23)12-22-24(21)31-15(2)34(22)13-16-6-5-7-18(10-16)26(27,28)29/h5-12,14,30,32H,4,13H2,1-3H3. The maximum absolute atomic E-state index is 13.3. The Morgan fingerprint density at radius 1 is 1.13 bits per heavy atom. The van der Waals surface area contributed by atoms with Gasteiger partial charge in [-0.05, 0) is 55.3 Å². The Morgan fingerprint density at radius 2 is 1.89 bits per heavy atom. The van der Waals surface area contributed by atoms with E-state index in [-0.39, 0.29) is 23.5 Å². The van der Waals surface area contributed by atoms with Crippen LogP contribution in [0.2, 0.25) is 0 Å². The first-order valence-corrected chi connectivity index (χ1v) is 13.4. The van der Waals surface area contributed by atoms with Crippen LogP contribution in [0.15, 0.2) is 59.7 Å². The third-order valence-corrected chi connectivity index (χ3v) is 7.78. The summed E-state index contributed by atoms with van der Waals surface area (Å²) in [6.45, 7) is 3.31. The molecule has 0 amide bonds. The Kier molecular flexibility index (Phi) is 6.09. The zero-order valence-electron chi connectivity index (χ0n) is 20.7. The van der Waals surface area contributed by atoms with E-state index in [0.717, 1.165) is 12.1 Å². The van der Waals surface area contributed by atoms with Gasteiger partial charge in [0.2, 0.25) is 10.0 Å². The summed E-state index contributed by atoms with van der Waals surface area (Å²) in [5.41, 5.74) is 2.26. The first-order valence-electron chi connectivity index (χ1n) is 11.7. The van der Waals surface area contributed by atoms with Gasteiger partial charge in [0.1, 0.15) is 16.9 Å². The molecular formula is C26H24F3N5O3S. The fraction of sp³-hybridized carbons (Fsp3) is 0.231. The summed E-state index contributed by atoms with van der Waals surface area (Å²) in [6, 6.07) is 10.3. The number of aromatic amines is 1. The van der Waals surface area contributed by atoms with Crippen molar-refractivity contribution in [1.29, 1.82) is 0 Å². The van der Waals surface area contributed by atoms with Crippen molar-refractivity contribution >= 4 is 37.6 Å². The second kappa shape index (κ2) is 9.05. The van der Waals surface area contributed by atoms with Crippen LogP contribution in [0.4, 0.5) is 18.9 Å². The lowest BCUT2D eigenvalue weighted by molar-refractivity contribution is -0.137. The van der Waals surface area contributed by atoms with Crippen LogP contribution in [0.3, 0.4) is 0 Å². The molecule has 8 nitrogen and oxygen atoms in total. The number of nitrogens with one attached hydrogen (secondary N) is 2. The Bertz CT molecular complexity index is 1870. The first kappa shape index (κ1) is 25.6. The number of hydrogen-bond acceptors (Lipinski definition) is 4. The fourth-order valence-corrected chi connectivity index (χ4v) is 5.17. The molecule has 0 unspecified atom stereocenters. The monoisotopic (exact) mass is 543 g/mol. The number of fused-ring (bicyclic) bond motifs is 2.